The van der Waals surface area contributed by atoms with Gasteiger partial charge in [-0.05, 0) is 37.1 Å². The lowest BCUT2D eigenvalue weighted by molar-refractivity contribution is 0.122. The fourth-order valence-electron chi connectivity index (χ4n) is 1.13. The van der Waals surface area contributed by atoms with E-state index in [1.165, 1.54) is 0 Å². The molecule has 0 saturated heterocycles. The second-order valence-electron chi connectivity index (χ2n) is 3.27. The minimum absolute atomic E-state index is 0.310. The highest BCUT2D eigenvalue weighted by Gasteiger charge is 2.02. The maximum Gasteiger partial charge on any atom is 0.119 e. The van der Waals surface area contributed by atoms with E-state index in [1.54, 1.807) is 6.92 Å². The van der Waals surface area contributed by atoms with Crippen molar-refractivity contribution in [1.29, 1.82) is 0 Å². The molecule has 1 aromatic rings. The van der Waals surface area contributed by atoms with E-state index in [1.807, 2.05) is 25.1 Å². The second kappa shape index (κ2) is 5.23. The largest absolute Gasteiger partial charge is 0.491 e. The van der Waals surface area contributed by atoms with Crippen molar-refractivity contribution >= 4 is 11.6 Å². The molecule has 1 atom stereocenters. The van der Waals surface area contributed by atoms with Crippen LogP contribution in [0.1, 0.15) is 19.4 Å². The van der Waals surface area contributed by atoms with Crippen molar-refractivity contribution in [3.8, 4) is 5.75 Å². The Labute approximate surface area is 89.5 Å². The molecule has 0 spiro atoms. The summed E-state index contributed by atoms with van der Waals surface area (Å²) in [5.74, 6) is 0.757. The van der Waals surface area contributed by atoms with E-state index in [9.17, 15) is 0 Å². The third-order valence-corrected chi connectivity index (χ3v) is 2.26. The van der Waals surface area contributed by atoms with Crippen molar-refractivity contribution in [2.24, 2.45) is 0 Å². The molecule has 3 heteroatoms. The summed E-state index contributed by atoms with van der Waals surface area (Å²) in [6.07, 6.45) is 0.431. The highest BCUT2D eigenvalue weighted by atomic mass is 35.5. The third kappa shape index (κ3) is 3.20. The van der Waals surface area contributed by atoms with Gasteiger partial charge in [0.25, 0.3) is 0 Å². The number of aliphatic hydroxyl groups is 1. The van der Waals surface area contributed by atoms with Crippen LogP contribution in [0.15, 0.2) is 18.2 Å². The number of aliphatic hydroxyl groups excluding tert-OH is 1. The molecule has 0 bridgehead atoms. The van der Waals surface area contributed by atoms with E-state index < -0.39 is 6.10 Å². The molecular weight excluding hydrogens is 200 g/mol. The van der Waals surface area contributed by atoms with E-state index in [0.29, 0.717) is 6.61 Å². The fourth-order valence-corrected chi connectivity index (χ4v) is 1.38. The first-order valence-corrected chi connectivity index (χ1v) is 5.10. The minimum atomic E-state index is -0.448. The van der Waals surface area contributed by atoms with Gasteiger partial charge in [-0.2, -0.15) is 0 Å². The first-order valence-electron chi connectivity index (χ1n) is 4.72. The van der Waals surface area contributed by atoms with Crippen LogP contribution in [0, 0.1) is 0 Å². The van der Waals surface area contributed by atoms with Crippen molar-refractivity contribution in [2.75, 3.05) is 6.61 Å². The van der Waals surface area contributed by atoms with Crippen molar-refractivity contribution in [3.05, 3.63) is 28.8 Å². The summed E-state index contributed by atoms with van der Waals surface area (Å²) < 4.78 is 5.36. The Morgan fingerprint density at radius 3 is 2.79 bits per heavy atom. The summed E-state index contributed by atoms with van der Waals surface area (Å²) >= 11 is 5.95. The SMILES string of the molecule is CCc1cc(OC[C@@H](C)O)ccc1Cl. The van der Waals surface area contributed by atoms with E-state index in [-0.39, 0.29) is 0 Å². The zero-order valence-corrected chi connectivity index (χ0v) is 9.21. The number of benzene rings is 1. The number of hydrogen-bond acceptors (Lipinski definition) is 2. The molecule has 78 valence electrons. The predicted molar refractivity (Wildman–Crippen MR) is 58.0 cm³/mol. The van der Waals surface area contributed by atoms with Crippen molar-refractivity contribution in [3.63, 3.8) is 0 Å². The van der Waals surface area contributed by atoms with Gasteiger partial charge in [-0.1, -0.05) is 18.5 Å². The van der Waals surface area contributed by atoms with Gasteiger partial charge in [0.05, 0.1) is 6.10 Å². The molecule has 0 aliphatic carbocycles. The average molecular weight is 215 g/mol. The van der Waals surface area contributed by atoms with Crippen LogP contribution in [0.5, 0.6) is 5.75 Å². The molecule has 2 nitrogen and oxygen atoms in total. The van der Waals surface area contributed by atoms with Gasteiger partial charge in [-0.15, -0.1) is 0 Å². The summed E-state index contributed by atoms with van der Waals surface area (Å²) in [7, 11) is 0. The van der Waals surface area contributed by atoms with Crippen LogP contribution in [-0.2, 0) is 6.42 Å². The molecular formula is C11H15ClO2. The Kier molecular flexibility index (Phi) is 4.23. The maximum absolute atomic E-state index is 9.04. The van der Waals surface area contributed by atoms with Gasteiger partial charge in [0.15, 0.2) is 0 Å². The molecule has 0 heterocycles. The highest BCUT2D eigenvalue weighted by Crippen LogP contribution is 2.22. The minimum Gasteiger partial charge on any atom is -0.491 e. The summed E-state index contributed by atoms with van der Waals surface area (Å²) in [6.45, 7) is 4.04. The van der Waals surface area contributed by atoms with Crippen molar-refractivity contribution < 1.29 is 9.84 Å². The van der Waals surface area contributed by atoms with Crippen LogP contribution < -0.4 is 4.74 Å². The van der Waals surface area contributed by atoms with Gasteiger partial charge < -0.3 is 9.84 Å². The number of aryl methyl sites for hydroxylation is 1. The van der Waals surface area contributed by atoms with Gasteiger partial charge in [0.2, 0.25) is 0 Å². The first kappa shape index (κ1) is 11.3. The summed E-state index contributed by atoms with van der Waals surface area (Å²) in [5.41, 5.74) is 1.06. The number of ether oxygens (including phenoxy) is 1. The van der Waals surface area contributed by atoms with Crippen LogP contribution in [0.3, 0.4) is 0 Å². The molecule has 1 aromatic carbocycles. The van der Waals surface area contributed by atoms with Gasteiger partial charge in [-0.3, -0.25) is 0 Å². The molecule has 0 aliphatic heterocycles. The lowest BCUT2D eigenvalue weighted by Gasteiger charge is -2.09. The predicted octanol–water partition coefficient (Wildman–Crippen LogP) is 2.66. The van der Waals surface area contributed by atoms with Gasteiger partial charge in [-0.25, -0.2) is 0 Å². The first-order chi connectivity index (χ1) is 6.63. The quantitative estimate of drug-likeness (QED) is 0.835. The van der Waals surface area contributed by atoms with Crippen LogP contribution in [0.4, 0.5) is 0 Å². The van der Waals surface area contributed by atoms with Crippen LogP contribution in [0.2, 0.25) is 5.02 Å². The van der Waals surface area contributed by atoms with E-state index in [2.05, 4.69) is 0 Å². The van der Waals surface area contributed by atoms with Gasteiger partial charge in [0, 0.05) is 5.02 Å². The topological polar surface area (TPSA) is 29.5 Å². The van der Waals surface area contributed by atoms with Crippen molar-refractivity contribution in [1.82, 2.24) is 0 Å². The third-order valence-electron chi connectivity index (χ3n) is 1.89. The molecule has 0 radical (unpaired) electrons. The number of hydrogen-bond donors (Lipinski definition) is 1. The van der Waals surface area contributed by atoms with Crippen LogP contribution >= 0.6 is 11.6 Å². The molecule has 0 saturated carbocycles. The Bertz CT molecular complexity index is 297. The number of rotatable bonds is 4. The van der Waals surface area contributed by atoms with Crippen LogP contribution in [0.25, 0.3) is 0 Å². The lowest BCUT2D eigenvalue weighted by Crippen LogP contribution is -2.12. The monoisotopic (exact) mass is 214 g/mol. The van der Waals surface area contributed by atoms with Gasteiger partial charge in [0.1, 0.15) is 12.4 Å². The summed E-state index contributed by atoms with van der Waals surface area (Å²) in [6, 6.07) is 5.53. The van der Waals surface area contributed by atoms with Gasteiger partial charge >= 0.3 is 0 Å². The zero-order valence-electron chi connectivity index (χ0n) is 8.46. The normalized spacial score (nSPS) is 12.6. The molecule has 0 amide bonds. The summed E-state index contributed by atoms with van der Waals surface area (Å²) in [5, 5.41) is 9.80. The lowest BCUT2D eigenvalue weighted by atomic mass is 10.1. The molecule has 1 rings (SSSR count). The molecule has 0 aliphatic rings. The molecule has 1 N–H and O–H groups in total. The molecule has 0 fully saturated rings. The fraction of sp³-hybridized carbons (Fsp3) is 0.455. The highest BCUT2D eigenvalue weighted by molar-refractivity contribution is 6.31. The van der Waals surface area contributed by atoms with Crippen molar-refractivity contribution in [2.45, 2.75) is 26.4 Å². The second-order valence-corrected chi connectivity index (χ2v) is 3.67. The van der Waals surface area contributed by atoms with E-state index in [0.717, 1.165) is 22.8 Å². The smallest absolute Gasteiger partial charge is 0.119 e. The number of halogens is 1. The van der Waals surface area contributed by atoms with Crippen LogP contribution in [-0.4, -0.2) is 17.8 Å². The maximum atomic E-state index is 9.04. The Morgan fingerprint density at radius 2 is 2.21 bits per heavy atom. The molecule has 14 heavy (non-hydrogen) atoms. The van der Waals surface area contributed by atoms with E-state index >= 15 is 0 Å². The Hall–Kier alpha value is -0.730. The average Bonchev–Trinajstić information content (AvgIpc) is 2.16. The zero-order chi connectivity index (χ0) is 10.6. The molecule has 0 unspecified atom stereocenters. The Morgan fingerprint density at radius 1 is 1.50 bits per heavy atom. The standard InChI is InChI=1S/C11H15ClO2/c1-3-9-6-10(4-5-11(9)12)14-7-8(2)13/h4-6,8,13H,3,7H2,1-2H3/t8-/m1/s1. The molecule has 0 aromatic heterocycles. The van der Waals surface area contributed by atoms with E-state index in [4.69, 9.17) is 21.4 Å². The summed E-state index contributed by atoms with van der Waals surface area (Å²) in [4.78, 5) is 0. The Balaban J connectivity index is 2.69.